The van der Waals surface area contributed by atoms with Gasteiger partial charge in [-0.05, 0) is 29.8 Å². The van der Waals surface area contributed by atoms with Gasteiger partial charge in [-0.3, -0.25) is 4.98 Å². The summed E-state index contributed by atoms with van der Waals surface area (Å²) >= 11 is 6.12. The molecule has 0 saturated carbocycles. The van der Waals surface area contributed by atoms with E-state index in [1.165, 1.54) is 5.56 Å². The maximum atomic E-state index is 6.12. The maximum absolute atomic E-state index is 6.12. The van der Waals surface area contributed by atoms with Gasteiger partial charge in [-0.1, -0.05) is 49.7 Å². The summed E-state index contributed by atoms with van der Waals surface area (Å²) in [6.07, 6.45) is 5.69. The highest BCUT2D eigenvalue weighted by molar-refractivity contribution is 6.30. The first-order valence-corrected chi connectivity index (χ1v) is 9.20. The molecule has 0 amide bonds. The lowest BCUT2D eigenvalue weighted by Gasteiger charge is -2.21. The number of rotatable bonds is 2. The largest absolute Gasteiger partial charge is 0.254 e. The normalized spacial score (nSPS) is 15.0. The third kappa shape index (κ3) is 2.48. The van der Waals surface area contributed by atoms with E-state index in [2.05, 4.69) is 42.1 Å². The Hall–Kier alpha value is -2.98. The lowest BCUT2D eigenvalue weighted by Crippen LogP contribution is -2.26. The van der Waals surface area contributed by atoms with E-state index in [1.807, 2.05) is 53.6 Å². The average Bonchev–Trinajstić information content (AvgIpc) is 3.24. The zero-order valence-corrected chi connectivity index (χ0v) is 15.8. The molecule has 0 saturated heterocycles. The highest BCUT2D eigenvalue weighted by Crippen LogP contribution is 2.45. The summed E-state index contributed by atoms with van der Waals surface area (Å²) < 4.78 is 1.83. The van der Waals surface area contributed by atoms with E-state index in [4.69, 9.17) is 16.6 Å². The quantitative estimate of drug-likeness (QED) is 0.467. The van der Waals surface area contributed by atoms with Gasteiger partial charge in [0.1, 0.15) is 0 Å². The van der Waals surface area contributed by atoms with E-state index >= 15 is 0 Å². The fourth-order valence-electron chi connectivity index (χ4n) is 3.76. The second kappa shape index (κ2) is 5.76. The summed E-state index contributed by atoms with van der Waals surface area (Å²) in [5.74, 6) is 0. The molecular weight excluding hydrogens is 356 g/mol. The Morgan fingerprint density at radius 3 is 2.78 bits per heavy atom. The minimum Gasteiger partial charge on any atom is -0.254 e. The van der Waals surface area contributed by atoms with Crippen molar-refractivity contribution in [2.75, 3.05) is 0 Å². The van der Waals surface area contributed by atoms with Gasteiger partial charge in [-0.2, -0.15) is 5.10 Å². The van der Waals surface area contributed by atoms with Crippen LogP contribution in [0.1, 0.15) is 25.0 Å². The molecule has 1 aliphatic rings. The van der Waals surface area contributed by atoms with E-state index in [0.717, 1.165) is 33.6 Å². The Balaban J connectivity index is 1.64. The summed E-state index contributed by atoms with van der Waals surface area (Å²) in [5, 5.41) is 6.32. The van der Waals surface area contributed by atoms with Crippen molar-refractivity contribution < 1.29 is 0 Å². The van der Waals surface area contributed by atoms with Crippen LogP contribution in [0.25, 0.3) is 16.6 Å². The molecule has 2 aromatic heterocycles. The van der Waals surface area contributed by atoms with Crippen LogP contribution in [0.4, 0.5) is 5.69 Å². The molecule has 5 rings (SSSR count). The standard InChI is InChI=1S/C22H17ClN4/c1-22(2)18-9-8-14-5-4-10-24-19(14)20(18)26-21(22)15-12-25-27(13-15)17-7-3-6-16(23)11-17/h3-13H,1-2H3. The molecule has 0 bridgehead atoms. The van der Waals surface area contributed by atoms with Crippen LogP contribution >= 0.6 is 11.6 Å². The second-order valence-corrected chi connectivity index (χ2v) is 7.71. The van der Waals surface area contributed by atoms with E-state index in [9.17, 15) is 0 Å². The lowest BCUT2D eigenvalue weighted by atomic mass is 9.79. The third-order valence-electron chi connectivity index (χ3n) is 5.17. The third-order valence-corrected chi connectivity index (χ3v) is 5.40. The van der Waals surface area contributed by atoms with Gasteiger partial charge in [0.2, 0.25) is 0 Å². The molecule has 0 aliphatic carbocycles. The lowest BCUT2D eigenvalue weighted by molar-refractivity contribution is 0.738. The van der Waals surface area contributed by atoms with Crippen LogP contribution in [-0.2, 0) is 5.41 Å². The van der Waals surface area contributed by atoms with Crippen LogP contribution in [0.2, 0.25) is 5.02 Å². The molecule has 0 atom stereocenters. The first kappa shape index (κ1) is 16.2. The van der Waals surface area contributed by atoms with Gasteiger partial charge in [0.05, 0.1) is 28.8 Å². The number of benzene rings is 2. The van der Waals surface area contributed by atoms with Crippen molar-refractivity contribution in [3.05, 3.63) is 83.3 Å². The highest BCUT2D eigenvalue weighted by Gasteiger charge is 2.37. The number of fused-ring (bicyclic) bond motifs is 3. The number of nitrogens with zero attached hydrogens (tertiary/aromatic N) is 4. The molecule has 3 heterocycles. The monoisotopic (exact) mass is 372 g/mol. The van der Waals surface area contributed by atoms with E-state index in [0.29, 0.717) is 5.02 Å². The number of halogens is 1. The van der Waals surface area contributed by atoms with Crippen molar-refractivity contribution in [1.29, 1.82) is 0 Å². The molecule has 5 heteroatoms. The van der Waals surface area contributed by atoms with Crippen molar-refractivity contribution in [3.8, 4) is 5.69 Å². The molecule has 0 fully saturated rings. The molecule has 4 aromatic rings. The van der Waals surface area contributed by atoms with Crippen molar-refractivity contribution in [3.63, 3.8) is 0 Å². The van der Waals surface area contributed by atoms with Crippen LogP contribution in [0.5, 0.6) is 0 Å². The van der Waals surface area contributed by atoms with Crippen molar-refractivity contribution in [2.24, 2.45) is 4.99 Å². The zero-order valence-electron chi connectivity index (χ0n) is 15.0. The highest BCUT2D eigenvalue weighted by atomic mass is 35.5. The van der Waals surface area contributed by atoms with Crippen molar-refractivity contribution >= 4 is 33.9 Å². The SMILES string of the molecule is CC1(C)C(c2cnn(-c3cccc(Cl)c3)c2)=Nc2c1ccc1cccnc21. The summed E-state index contributed by atoms with van der Waals surface area (Å²) in [6, 6.07) is 16.0. The molecule has 2 aromatic carbocycles. The van der Waals surface area contributed by atoms with Gasteiger partial charge in [0.15, 0.2) is 0 Å². The van der Waals surface area contributed by atoms with Crippen LogP contribution in [0.3, 0.4) is 0 Å². The first-order chi connectivity index (χ1) is 13.0. The Labute approximate surface area is 162 Å². The topological polar surface area (TPSA) is 43.1 Å². The van der Waals surface area contributed by atoms with Crippen molar-refractivity contribution in [1.82, 2.24) is 14.8 Å². The zero-order chi connectivity index (χ0) is 18.6. The van der Waals surface area contributed by atoms with Gasteiger partial charge >= 0.3 is 0 Å². The number of aliphatic imine (C=N–C) groups is 1. The molecule has 0 N–H and O–H groups in total. The molecular formula is C22H17ClN4. The van der Waals surface area contributed by atoms with Crippen LogP contribution < -0.4 is 0 Å². The summed E-state index contributed by atoms with van der Waals surface area (Å²) in [5.41, 5.74) is 5.81. The number of hydrogen-bond donors (Lipinski definition) is 0. The number of aromatic nitrogens is 3. The van der Waals surface area contributed by atoms with Gasteiger partial charge in [0, 0.05) is 33.8 Å². The van der Waals surface area contributed by atoms with Gasteiger partial charge < -0.3 is 0 Å². The number of hydrogen-bond acceptors (Lipinski definition) is 3. The number of pyridine rings is 1. The van der Waals surface area contributed by atoms with E-state index in [1.54, 1.807) is 0 Å². The first-order valence-electron chi connectivity index (χ1n) is 8.82. The van der Waals surface area contributed by atoms with Crippen LogP contribution in [-0.4, -0.2) is 20.5 Å². The summed E-state index contributed by atoms with van der Waals surface area (Å²) in [4.78, 5) is 9.57. The minimum atomic E-state index is -0.219. The minimum absolute atomic E-state index is 0.219. The second-order valence-electron chi connectivity index (χ2n) is 7.28. The molecule has 4 nitrogen and oxygen atoms in total. The maximum Gasteiger partial charge on any atom is 0.0961 e. The Bertz CT molecular complexity index is 1220. The molecule has 0 unspecified atom stereocenters. The van der Waals surface area contributed by atoms with E-state index < -0.39 is 0 Å². The average molecular weight is 373 g/mol. The summed E-state index contributed by atoms with van der Waals surface area (Å²) in [6.45, 7) is 4.40. The van der Waals surface area contributed by atoms with Crippen LogP contribution in [0, 0.1) is 0 Å². The molecule has 0 spiro atoms. The fraction of sp³-hybridized carbons (Fsp3) is 0.136. The van der Waals surface area contributed by atoms with Gasteiger partial charge in [0.25, 0.3) is 0 Å². The molecule has 1 aliphatic heterocycles. The van der Waals surface area contributed by atoms with Gasteiger partial charge in [-0.15, -0.1) is 0 Å². The molecule has 27 heavy (non-hydrogen) atoms. The Morgan fingerprint density at radius 2 is 1.93 bits per heavy atom. The van der Waals surface area contributed by atoms with E-state index in [-0.39, 0.29) is 5.41 Å². The Morgan fingerprint density at radius 1 is 1.04 bits per heavy atom. The molecule has 0 radical (unpaired) electrons. The summed E-state index contributed by atoms with van der Waals surface area (Å²) in [7, 11) is 0. The van der Waals surface area contributed by atoms with Gasteiger partial charge in [-0.25, -0.2) is 9.67 Å². The smallest absolute Gasteiger partial charge is 0.0961 e. The van der Waals surface area contributed by atoms with Crippen LogP contribution in [0.15, 0.2) is 72.1 Å². The predicted molar refractivity (Wildman–Crippen MR) is 110 cm³/mol. The molecule has 132 valence electrons. The Kier molecular flexibility index (Phi) is 3.46. The predicted octanol–water partition coefficient (Wildman–Crippen LogP) is 5.49. The van der Waals surface area contributed by atoms with Crippen molar-refractivity contribution in [2.45, 2.75) is 19.3 Å². The fourth-order valence-corrected chi connectivity index (χ4v) is 3.94.